The summed E-state index contributed by atoms with van der Waals surface area (Å²) < 4.78 is 14.3. The monoisotopic (exact) mass is 383 g/mol. The Balaban J connectivity index is 1.31. The maximum absolute atomic E-state index is 13.3. The van der Waals surface area contributed by atoms with Crippen LogP contribution in [0.4, 0.5) is 15.3 Å². The molecule has 3 aromatic rings. The standard InChI is InChI=1S/C19H18FN5OS/c1-19(2)15-16(22-6-5-21-15)25(17(19)26)12-8-11(9-12)23-18-24-13-7-10(20)3-4-14(13)27-18/h3-7,11-12H,8-9H2,1-2H3,(H,23,24)/t11-,12-. The zero-order valence-corrected chi connectivity index (χ0v) is 15.8. The number of halogens is 1. The fourth-order valence-corrected chi connectivity index (χ4v) is 4.76. The van der Waals surface area contributed by atoms with Gasteiger partial charge in [0.25, 0.3) is 0 Å². The van der Waals surface area contributed by atoms with Crippen LogP contribution in [-0.4, -0.2) is 32.9 Å². The molecular formula is C19H18FN5OS. The zero-order valence-electron chi connectivity index (χ0n) is 14.9. The number of amides is 1. The average Bonchev–Trinajstić information content (AvgIpc) is 3.09. The highest BCUT2D eigenvalue weighted by Crippen LogP contribution is 2.43. The predicted molar refractivity (Wildman–Crippen MR) is 103 cm³/mol. The maximum atomic E-state index is 13.3. The number of thiazole rings is 1. The van der Waals surface area contributed by atoms with Crippen LogP contribution in [0.15, 0.2) is 30.6 Å². The minimum Gasteiger partial charge on any atom is -0.359 e. The summed E-state index contributed by atoms with van der Waals surface area (Å²) in [5, 5.41) is 4.20. The van der Waals surface area contributed by atoms with Crippen LogP contribution in [0, 0.1) is 5.82 Å². The Morgan fingerprint density at radius 3 is 2.85 bits per heavy atom. The molecule has 1 fully saturated rings. The van der Waals surface area contributed by atoms with E-state index < -0.39 is 5.41 Å². The van der Waals surface area contributed by atoms with Crippen LogP contribution >= 0.6 is 11.3 Å². The van der Waals surface area contributed by atoms with Crippen molar-refractivity contribution < 1.29 is 9.18 Å². The van der Waals surface area contributed by atoms with Crippen LogP contribution in [0.1, 0.15) is 32.4 Å². The molecule has 6 nitrogen and oxygen atoms in total. The molecule has 0 radical (unpaired) electrons. The summed E-state index contributed by atoms with van der Waals surface area (Å²) in [7, 11) is 0. The summed E-state index contributed by atoms with van der Waals surface area (Å²) in [6.07, 6.45) is 4.91. The first-order valence-electron chi connectivity index (χ1n) is 8.91. The molecule has 138 valence electrons. The molecule has 1 aromatic carbocycles. The third-order valence-corrected chi connectivity index (χ3v) is 6.38. The van der Waals surface area contributed by atoms with E-state index in [1.54, 1.807) is 18.5 Å². The summed E-state index contributed by atoms with van der Waals surface area (Å²) in [5.74, 6) is 0.465. The van der Waals surface area contributed by atoms with Gasteiger partial charge >= 0.3 is 0 Å². The van der Waals surface area contributed by atoms with E-state index >= 15 is 0 Å². The van der Waals surface area contributed by atoms with Gasteiger partial charge in [-0.15, -0.1) is 0 Å². The van der Waals surface area contributed by atoms with Crippen molar-refractivity contribution in [1.82, 2.24) is 15.0 Å². The number of hydrogen-bond acceptors (Lipinski definition) is 6. The molecule has 0 atom stereocenters. The first kappa shape index (κ1) is 16.6. The van der Waals surface area contributed by atoms with E-state index in [-0.39, 0.29) is 23.8 Å². The van der Waals surface area contributed by atoms with E-state index in [4.69, 9.17) is 0 Å². The second kappa shape index (κ2) is 5.69. The Kier molecular flexibility index (Phi) is 3.49. The van der Waals surface area contributed by atoms with E-state index in [1.807, 2.05) is 18.7 Å². The number of fused-ring (bicyclic) bond motifs is 2. The van der Waals surface area contributed by atoms with Crippen LogP contribution < -0.4 is 10.2 Å². The van der Waals surface area contributed by atoms with Crippen molar-refractivity contribution in [2.45, 2.75) is 44.2 Å². The van der Waals surface area contributed by atoms with Crippen molar-refractivity contribution in [1.29, 1.82) is 0 Å². The molecule has 0 bridgehead atoms. The summed E-state index contributed by atoms with van der Waals surface area (Å²) >= 11 is 1.51. The summed E-state index contributed by atoms with van der Waals surface area (Å²) in [6.45, 7) is 3.80. The van der Waals surface area contributed by atoms with Crippen LogP contribution in [0.2, 0.25) is 0 Å². The molecule has 2 aromatic heterocycles. The van der Waals surface area contributed by atoms with Gasteiger partial charge in [-0.1, -0.05) is 11.3 Å². The zero-order chi connectivity index (χ0) is 18.8. The molecule has 1 aliphatic carbocycles. The van der Waals surface area contributed by atoms with Crippen LogP contribution in [-0.2, 0) is 10.2 Å². The number of hydrogen-bond donors (Lipinski definition) is 1. The lowest BCUT2D eigenvalue weighted by Crippen LogP contribution is -2.53. The summed E-state index contributed by atoms with van der Waals surface area (Å²) in [6, 6.07) is 4.98. The number of nitrogens with one attached hydrogen (secondary N) is 1. The molecule has 1 aliphatic heterocycles. The number of rotatable bonds is 3. The third kappa shape index (κ3) is 2.50. The van der Waals surface area contributed by atoms with Crippen molar-refractivity contribution in [3.63, 3.8) is 0 Å². The van der Waals surface area contributed by atoms with Crippen LogP contribution in [0.25, 0.3) is 10.2 Å². The molecule has 27 heavy (non-hydrogen) atoms. The highest BCUT2D eigenvalue weighted by molar-refractivity contribution is 7.22. The Bertz CT molecular complexity index is 1060. The fraction of sp³-hybridized carbons (Fsp3) is 0.368. The van der Waals surface area contributed by atoms with Crippen LogP contribution in [0.3, 0.4) is 0 Å². The molecule has 0 saturated heterocycles. The van der Waals surface area contributed by atoms with Gasteiger partial charge in [0.05, 0.1) is 21.3 Å². The van der Waals surface area contributed by atoms with Crippen molar-refractivity contribution in [2.75, 3.05) is 10.2 Å². The lowest BCUT2D eigenvalue weighted by molar-refractivity contribution is -0.123. The first-order chi connectivity index (χ1) is 12.9. The summed E-state index contributed by atoms with van der Waals surface area (Å²) in [4.78, 5) is 28.0. The van der Waals surface area contributed by atoms with Crippen LogP contribution in [0.5, 0.6) is 0 Å². The van der Waals surface area contributed by atoms with Crippen molar-refractivity contribution in [2.24, 2.45) is 0 Å². The van der Waals surface area contributed by atoms with E-state index in [2.05, 4.69) is 20.3 Å². The number of nitrogens with zero attached hydrogens (tertiary/aromatic N) is 4. The SMILES string of the molecule is CC1(C)C(=O)N([C@H]2C[C@H](Nc3nc4cc(F)ccc4s3)C2)c2nccnc21. The molecule has 2 aliphatic rings. The number of aromatic nitrogens is 3. The van der Waals surface area contributed by atoms with Crippen molar-refractivity contribution in [3.8, 4) is 0 Å². The second-order valence-corrected chi connectivity index (χ2v) is 8.66. The lowest BCUT2D eigenvalue weighted by Gasteiger charge is -2.41. The van der Waals surface area contributed by atoms with Crippen molar-refractivity contribution >= 4 is 38.4 Å². The Morgan fingerprint density at radius 2 is 2.04 bits per heavy atom. The van der Waals surface area contributed by atoms with Gasteiger partial charge in [0.15, 0.2) is 10.9 Å². The molecular weight excluding hydrogens is 365 g/mol. The topological polar surface area (TPSA) is 71.0 Å². The summed E-state index contributed by atoms with van der Waals surface area (Å²) in [5.41, 5.74) is 0.776. The van der Waals surface area contributed by atoms with E-state index in [9.17, 15) is 9.18 Å². The predicted octanol–water partition coefficient (Wildman–Crippen LogP) is 3.49. The molecule has 8 heteroatoms. The molecule has 5 rings (SSSR count). The number of benzene rings is 1. The van der Waals surface area contributed by atoms with Gasteiger partial charge < -0.3 is 5.32 Å². The highest BCUT2D eigenvalue weighted by Gasteiger charge is 2.51. The quantitative estimate of drug-likeness (QED) is 0.750. The average molecular weight is 383 g/mol. The minimum absolute atomic E-state index is 0.0580. The number of anilines is 2. The highest BCUT2D eigenvalue weighted by atomic mass is 32.1. The molecule has 1 saturated carbocycles. The second-order valence-electron chi connectivity index (χ2n) is 7.63. The number of carbonyl (C=O) groups excluding carboxylic acids is 1. The van der Waals surface area contributed by atoms with Gasteiger partial charge in [-0.05, 0) is 38.8 Å². The van der Waals surface area contributed by atoms with Crippen molar-refractivity contribution in [3.05, 3.63) is 42.1 Å². The van der Waals surface area contributed by atoms with E-state index in [0.717, 1.165) is 28.4 Å². The van der Waals surface area contributed by atoms with Gasteiger partial charge in [-0.3, -0.25) is 14.7 Å². The number of carbonyl (C=O) groups is 1. The smallest absolute Gasteiger partial charge is 0.240 e. The Labute approximate surface area is 159 Å². The van der Waals surface area contributed by atoms with Gasteiger partial charge in [-0.25, -0.2) is 14.4 Å². The van der Waals surface area contributed by atoms with E-state index in [1.165, 1.54) is 23.5 Å². The van der Waals surface area contributed by atoms with E-state index in [0.29, 0.717) is 11.3 Å². The molecule has 3 heterocycles. The molecule has 0 unspecified atom stereocenters. The normalized spacial score (nSPS) is 23.4. The fourth-order valence-electron chi connectivity index (χ4n) is 3.84. The molecule has 1 amide bonds. The van der Waals surface area contributed by atoms with Gasteiger partial charge in [0.1, 0.15) is 5.82 Å². The third-order valence-electron chi connectivity index (χ3n) is 5.41. The Morgan fingerprint density at radius 1 is 1.26 bits per heavy atom. The van der Waals surface area contributed by atoms with Gasteiger partial charge in [0, 0.05) is 30.5 Å². The lowest BCUT2D eigenvalue weighted by atomic mass is 9.85. The largest absolute Gasteiger partial charge is 0.359 e. The maximum Gasteiger partial charge on any atom is 0.240 e. The van der Waals surface area contributed by atoms with Gasteiger partial charge in [-0.2, -0.15) is 0 Å². The molecule has 0 spiro atoms. The molecule has 1 N–H and O–H groups in total. The minimum atomic E-state index is -0.640. The first-order valence-corrected chi connectivity index (χ1v) is 9.73. The van der Waals surface area contributed by atoms with Gasteiger partial charge in [0.2, 0.25) is 5.91 Å². The Hall–Kier alpha value is -2.61.